The standard InChI is InChI=1S/C22H18N2O2/c1-11-3-5-17-13(7-11)21(25)15-9-20-16(10-19(15)23-17)22(26)14-8-12(2)4-6-18(14)24-20/h3-10,13,17,23H,1-2H3,(H,24,26). The van der Waals surface area contributed by atoms with Gasteiger partial charge in [0, 0.05) is 27.5 Å². The van der Waals surface area contributed by atoms with Gasteiger partial charge in [-0.25, -0.2) is 0 Å². The molecule has 4 heteroatoms. The number of aromatic nitrogens is 1. The molecule has 5 rings (SSSR count). The maximum absolute atomic E-state index is 13.0. The highest BCUT2D eigenvalue weighted by molar-refractivity contribution is 6.10. The van der Waals surface area contributed by atoms with Crippen LogP contribution in [-0.4, -0.2) is 16.8 Å². The van der Waals surface area contributed by atoms with E-state index in [0.29, 0.717) is 21.9 Å². The van der Waals surface area contributed by atoms with Gasteiger partial charge < -0.3 is 10.3 Å². The minimum atomic E-state index is -0.195. The minimum absolute atomic E-state index is 0.00783. The number of hydrogen-bond acceptors (Lipinski definition) is 3. The molecule has 1 aliphatic carbocycles. The molecule has 1 aromatic heterocycles. The third-order valence-electron chi connectivity index (χ3n) is 5.38. The maximum Gasteiger partial charge on any atom is 0.197 e. The van der Waals surface area contributed by atoms with Crippen LogP contribution in [0.5, 0.6) is 0 Å². The smallest absolute Gasteiger partial charge is 0.197 e. The van der Waals surface area contributed by atoms with Gasteiger partial charge in [-0.2, -0.15) is 0 Å². The summed E-state index contributed by atoms with van der Waals surface area (Å²) in [6.45, 7) is 3.97. The highest BCUT2D eigenvalue weighted by atomic mass is 16.1. The number of Topliss-reactive ketones (excluding diaryl/α,β-unsaturated/α-hetero) is 1. The molecule has 0 amide bonds. The third-order valence-corrected chi connectivity index (χ3v) is 5.38. The summed E-state index contributed by atoms with van der Waals surface area (Å²) in [5.41, 5.74) is 5.00. The molecule has 2 atom stereocenters. The molecule has 0 spiro atoms. The average Bonchev–Trinajstić information content (AvgIpc) is 2.63. The van der Waals surface area contributed by atoms with Crippen LogP contribution in [0, 0.1) is 12.8 Å². The van der Waals surface area contributed by atoms with Gasteiger partial charge in [-0.1, -0.05) is 35.4 Å². The fraction of sp³-hybridized carbons (Fsp3) is 0.182. The predicted octanol–water partition coefficient (Wildman–Crippen LogP) is 4.10. The molecule has 3 aromatic rings. The molecule has 26 heavy (non-hydrogen) atoms. The van der Waals surface area contributed by atoms with E-state index in [1.165, 1.54) is 0 Å². The van der Waals surface area contributed by atoms with E-state index in [1.54, 1.807) is 0 Å². The Hall–Kier alpha value is -3.14. The van der Waals surface area contributed by atoms with E-state index < -0.39 is 0 Å². The van der Waals surface area contributed by atoms with Crippen LogP contribution in [0.3, 0.4) is 0 Å². The Labute approximate surface area is 150 Å². The fourth-order valence-electron chi connectivity index (χ4n) is 4.01. The molecule has 1 aliphatic heterocycles. The highest BCUT2D eigenvalue weighted by Crippen LogP contribution is 2.34. The van der Waals surface area contributed by atoms with E-state index in [0.717, 1.165) is 22.3 Å². The van der Waals surface area contributed by atoms with E-state index in [4.69, 9.17) is 0 Å². The number of hydrogen-bond donors (Lipinski definition) is 2. The molecule has 0 radical (unpaired) electrons. The lowest BCUT2D eigenvalue weighted by molar-refractivity contribution is 0.0935. The highest BCUT2D eigenvalue weighted by Gasteiger charge is 2.34. The molecule has 0 bridgehead atoms. The van der Waals surface area contributed by atoms with Crippen molar-refractivity contribution in [1.82, 2.24) is 4.98 Å². The molecule has 2 aromatic carbocycles. The van der Waals surface area contributed by atoms with Gasteiger partial charge in [-0.3, -0.25) is 9.59 Å². The van der Waals surface area contributed by atoms with Crippen molar-refractivity contribution in [2.45, 2.75) is 19.9 Å². The van der Waals surface area contributed by atoms with Crippen LogP contribution in [0.2, 0.25) is 0 Å². The summed E-state index contributed by atoms with van der Waals surface area (Å²) in [5.74, 6) is -0.0982. The number of anilines is 1. The van der Waals surface area contributed by atoms with E-state index in [9.17, 15) is 9.59 Å². The minimum Gasteiger partial charge on any atom is -0.377 e. The summed E-state index contributed by atoms with van der Waals surface area (Å²) in [5, 5.41) is 4.70. The molecule has 0 saturated carbocycles. The van der Waals surface area contributed by atoms with E-state index in [-0.39, 0.29) is 23.2 Å². The summed E-state index contributed by atoms with van der Waals surface area (Å²) in [6.07, 6.45) is 6.06. The Kier molecular flexibility index (Phi) is 3.02. The normalized spacial score (nSPS) is 21.3. The number of nitrogens with one attached hydrogen (secondary N) is 2. The molecule has 2 unspecified atom stereocenters. The average molecular weight is 342 g/mol. The zero-order chi connectivity index (χ0) is 18.0. The van der Waals surface area contributed by atoms with Crippen molar-refractivity contribution in [3.8, 4) is 0 Å². The summed E-state index contributed by atoms with van der Waals surface area (Å²) < 4.78 is 0. The zero-order valence-electron chi connectivity index (χ0n) is 14.6. The van der Waals surface area contributed by atoms with Crippen LogP contribution in [0.4, 0.5) is 5.69 Å². The summed E-state index contributed by atoms with van der Waals surface area (Å²) in [7, 11) is 0. The summed E-state index contributed by atoms with van der Waals surface area (Å²) in [4.78, 5) is 29.3. The van der Waals surface area contributed by atoms with E-state index in [1.807, 2.05) is 62.4 Å². The first-order valence-corrected chi connectivity index (χ1v) is 8.79. The second kappa shape index (κ2) is 5.18. The molecule has 0 fully saturated rings. The molecule has 2 aliphatic rings. The number of rotatable bonds is 0. The van der Waals surface area contributed by atoms with Crippen molar-refractivity contribution in [3.05, 3.63) is 75.5 Å². The molecule has 2 N–H and O–H groups in total. The topological polar surface area (TPSA) is 62.0 Å². The number of aryl methyl sites for hydroxylation is 1. The number of ketones is 1. The number of benzene rings is 2. The number of carbonyl (C=O) groups is 1. The fourth-order valence-corrected chi connectivity index (χ4v) is 4.01. The van der Waals surface area contributed by atoms with E-state index >= 15 is 0 Å². The van der Waals surface area contributed by atoms with Gasteiger partial charge in [0.05, 0.1) is 17.5 Å². The van der Waals surface area contributed by atoms with Crippen LogP contribution >= 0.6 is 0 Å². The zero-order valence-corrected chi connectivity index (χ0v) is 14.6. The Morgan fingerprint density at radius 2 is 1.77 bits per heavy atom. The van der Waals surface area contributed by atoms with Crippen molar-refractivity contribution in [2.24, 2.45) is 5.92 Å². The van der Waals surface area contributed by atoms with Crippen molar-refractivity contribution < 1.29 is 4.79 Å². The Bertz CT molecular complexity index is 1230. The lowest BCUT2D eigenvalue weighted by Gasteiger charge is -2.32. The maximum atomic E-state index is 13.0. The van der Waals surface area contributed by atoms with Crippen LogP contribution in [0.1, 0.15) is 22.8 Å². The summed E-state index contributed by atoms with van der Waals surface area (Å²) >= 11 is 0. The molecular weight excluding hydrogens is 324 g/mol. The number of fused-ring (bicyclic) bond motifs is 4. The number of H-pyrrole nitrogens is 1. The van der Waals surface area contributed by atoms with Crippen LogP contribution in [0.15, 0.2) is 58.9 Å². The number of allylic oxidation sites excluding steroid dienone is 2. The van der Waals surface area contributed by atoms with Crippen LogP contribution < -0.4 is 10.7 Å². The van der Waals surface area contributed by atoms with Gasteiger partial charge >= 0.3 is 0 Å². The molecule has 2 heterocycles. The molecular formula is C22H18N2O2. The van der Waals surface area contributed by atoms with Crippen molar-refractivity contribution >= 4 is 33.3 Å². The van der Waals surface area contributed by atoms with Crippen LogP contribution in [0.25, 0.3) is 21.8 Å². The Morgan fingerprint density at radius 3 is 2.62 bits per heavy atom. The summed E-state index contributed by atoms with van der Waals surface area (Å²) in [6, 6.07) is 9.37. The number of pyridine rings is 1. The predicted molar refractivity (Wildman–Crippen MR) is 105 cm³/mol. The molecule has 128 valence electrons. The van der Waals surface area contributed by atoms with Gasteiger partial charge in [0.2, 0.25) is 0 Å². The largest absolute Gasteiger partial charge is 0.377 e. The molecule has 0 saturated heterocycles. The van der Waals surface area contributed by atoms with Gasteiger partial charge in [0.25, 0.3) is 0 Å². The van der Waals surface area contributed by atoms with Gasteiger partial charge in [0.1, 0.15) is 0 Å². The number of aromatic amines is 1. The van der Waals surface area contributed by atoms with E-state index in [2.05, 4.69) is 10.3 Å². The first-order valence-electron chi connectivity index (χ1n) is 8.79. The Morgan fingerprint density at radius 1 is 0.962 bits per heavy atom. The second-order valence-corrected chi connectivity index (χ2v) is 7.28. The van der Waals surface area contributed by atoms with Crippen molar-refractivity contribution in [3.63, 3.8) is 0 Å². The number of carbonyl (C=O) groups excluding carboxylic acids is 1. The quantitative estimate of drug-likeness (QED) is 0.605. The van der Waals surface area contributed by atoms with Crippen molar-refractivity contribution in [2.75, 3.05) is 5.32 Å². The first kappa shape index (κ1) is 15.1. The van der Waals surface area contributed by atoms with Crippen molar-refractivity contribution in [1.29, 1.82) is 0 Å². The van der Waals surface area contributed by atoms with Gasteiger partial charge in [-0.05, 0) is 38.1 Å². The first-order chi connectivity index (χ1) is 12.5. The Balaban J connectivity index is 1.78. The lowest BCUT2D eigenvalue weighted by Crippen LogP contribution is -2.38. The molecule has 4 nitrogen and oxygen atoms in total. The lowest BCUT2D eigenvalue weighted by atomic mass is 9.81. The second-order valence-electron chi connectivity index (χ2n) is 7.28. The van der Waals surface area contributed by atoms with Gasteiger partial charge in [0.15, 0.2) is 11.2 Å². The van der Waals surface area contributed by atoms with Crippen LogP contribution in [-0.2, 0) is 0 Å². The SMILES string of the molecule is CC1=CC2C(=O)c3cc4[nH]c5ccc(C)cc5c(=O)c4cc3NC2C=C1. The third kappa shape index (κ3) is 2.08. The monoisotopic (exact) mass is 342 g/mol. The van der Waals surface area contributed by atoms with Gasteiger partial charge in [-0.15, -0.1) is 0 Å².